The van der Waals surface area contributed by atoms with Crippen molar-refractivity contribution in [3.8, 4) is 0 Å². The molecule has 2 rings (SSSR count). The molecule has 1 N–H and O–H groups in total. The highest BCUT2D eigenvalue weighted by Gasteiger charge is 2.08. The van der Waals surface area contributed by atoms with E-state index in [2.05, 4.69) is 67.7 Å². The molecule has 0 atom stereocenters. The molecular weight excluding hydrogens is 440 g/mol. The normalized spacial score (nSPS) is 10.8. The molecule has 19 heavy (non-hydrogen) atoms. The van der Waals surface area contributed by atoms with Crippen molar-refractivity contribution in [2.45, 2.75) is 19.8 Å². The maximum Gasteiger partial charge on any atom is 0.135 e. The molecule has 0 unspecified atom stereocenters. The van der Waals surface area contributed by atoms with Gasteiger partial charge in [-0.05, 0) is 56.7 Å². The maximum absolute atomic E-state index is 6.20. The minimum atomic E-state index is 0.269. The van der Waals surface area contributed by atoms with Gasteiger partial charge in [-0.25, -0.2) is 9.97 Å². The number of aromatic nitrogens is 2. The Morgan fingerprint density at radius 1 is 1.26 bits per heavy atom. The fourth-order valence-electron chi connectivity index (χ4n) is 1.49. The van der Waals surface area contributed by atoms with Crippen molar-refractivity contribution in [2.75, 3.05) is 5.32 Å². The second-order valence-corrected chi connectivity index (χ2v) is 6.80. The summed E-state index contributed by atoms with van der Waals surface area (Å²) >= 11 is 11.8. The molecule has 0 aliphatic carbocycles. The molecule has 0 aliphatic rings. The second-order valence-electron chi connectivity index (χ2n) is 4.34. The molecular formula is C13H12BrClIN3. The van der Waals surface area contributed by atoms with Gasteiger partial charge in [-0.2, -0.15) is 0 Å². The van der Waals surface area contributed by atoms with E-state index < -0.39 is 0 Å². The minimum absolute atomic E-state index is 0.269. The molecule has 0 radical (unpaired) electrons. The summed E-state index contributed by atoms with van der Waals surface area (Å²) in [5, 5.41) is 3.89. The molecule has 2 aromatic rings. The van der Waals surface area contributed by atoms with Crippen molar-refractivity contribution in [3.05, 3.63) is 43.3 Å². The fraction of sp³-hybridized carbons (Fsp3) is 0.231. The van der Waals surface area contributed by atoms with E-state index in [1.807, 2.05) is 24.3 Å². The van der Waals surface area contributed by atoms with E-state index in [0.29, 0.717) is 5.02 Å². The van der Waals surface area contributed by atoms with Gasteiger partial charge in [-0.15, -0.1) is 0 Å². The molecule has 1 aromatic carbocycles. The van der Waals surface area contributed by atoms with E-state index in [9.17, 15) is 0 Å². The summed E-state index contributed by atoms with van der Waals surface area (Å²) in [6.45, 7) is 4.12. The van der Waals surface area contributed by atoms with E-state index in [4.69, 9.17) is 11.6 Å². The largest absolute Gasteiger partial charge is 0.339 e. The van der Waals surface area contributed by atoms with Crippen LogP contribution in [0.25, 0.3) is 0 Å². The highest BCUT2D eigenvalue weighted by molar-refractivity contribution is 14.1. The number of nitrogens with one attached hydrogen (secondary N) is 1. The predicted octanol–water partition coefficient (Wildman–Crippen LogP) is 5.36. The van der Waals surface area contributed by atoms with Crippen molar-refractivity contribution in [2.24, 2.45) is 0 Å². The number of anilines is 2. The summed E-state index contributed by atoms with van der Waals surface area (Å²) in [7, 11) is 0. The Morgan fingerprint density at radius 2 is 2.00 bits per heavy atom. The molecule has 6 heteroatoms. The average Bonchev–Trinajstić information content (AvgIpc) is 2.32. The van der Waals surface area contributed by atoms with Crippen LogP contribution in [0.4, 0.5) is 11.5 Å². The van der Waals surface area contributed by atoms with Crippen LogP contribution in [0, 0.1) is 3.57 Å². The molecule has 1 aromatic heterocycles. The van der Waals surface area contributed by atoms with Gasteiger partial charge >= 0.3 is 0 Å². The van der Waals surface area contributed by atoms with Crippen molar-refractivity contribution in [1.29, 1.82) is 0 Å². The molecule has 0 saturated carbocycles. The Labute approximate surface area is 139 Å². The Morgan fingerprint density at radius 3 is 2.63 bits per heavy atom. The van der Waals surface area contributed by atoms with Crippen molar-refractivity contribution >= 4 is 61.6 Å². The quantitative estimate of drug-likeness (QED) is 0.503. The smallest absolute Gasteiger partial charge is 0.135 e. The van der Waals surface area contributed by atoms with Gasteiger partial charge in [-0.1, -0.05) is 25.4 Å². The number of hydrogen-bond donors (Lipinski definition) is 1. The first-order valence-corrected chi connectivity index (χ1v) is 7.97. The van der Waals surface area contributed by atoms with E-state index in [0.717, 1.165) is 25.5 Å². The van der Waals surface area contributed by atoms with E-state index in [1.165, 1.54) is 0 Å². The van der Waals surface area contributed by atoms with Crippen molar-refractivity contribution in [3.63, 3.8) is 0 Å². The molecule has 0 fully saturated rings. The minimum Gasteiger partial charge on any atom is -0.339 e. The molecule has 0 amide bonds. The van der Waals surface area contributed by atoms with Gasteiger partial charge in [0.15, 0.2) is 0 Å². The first-order chi connectivity index (χ1) is 8.95. The van der Waals surface area contributed by atoms with Crippen LogP contribution >= 0.6 is 50.1 Å². The van der Waals surface area contributed by atoms with Crippen molar-refractivity contribution in [1.82, 2.24) is 9.97 Å². The summed E-state index contributed by atoms with van der Waals surface area (Å²) < 4.78 is 1.86. The summed E-state index contributed by atoms with van der Waals surface area (Å²) in [4.78, 5) is 8.82. The van der Waals surface area contributed by atoms with E-state index >= 15 is 0 Å². The van der Waals surface area contributed by atoms with Crippen LogP contribution in [0.2, 0.25) is 5.02 Å². The zero-order chi connectivity index (χ0) is 14.0. The lowest BCUT2D eigenvalue weighted by Crippen LogP contribution is -2.02. The molecule has 0 bridgehead atoms. The number of rotatable bonds is 3. The molecule has 0 saturated heterocycles. The maximum atomic E-state index is 6.20. The number of nitrogens with zero attached hydrogens (tertiary/aromatic N) is 2. The van der Waals surface area contributed by atoms with Crippen LogP contribution in [-0.4, -0.2) is 9.97 Å². The monoisotopic (exact) mass is 451 g/mol. The summed E-state index contributed by atoms with van der Waals surface area (Å²) in [5.41, 5.74) is 0.836. The summed E-state index contributed by atoms with van der Waals surface area (Å²) in [6, 6.07) is 7.67. The van der Waals surface area contributed by atoms with Gasteiger partial charge in [0.05, 0.1) is 10.7 Å². The second kappa shape index (κ2) is 6.37. The lowest BCUT2D eigenvalue weighted by Gasteiger charge is -2.11. The fourth-order valence-corrected chi connectivity index (χ4v) is 2.79. The van der Waals surface area contributed by atoms with Crippen LogP contribution < -0.4 is 5.32 Å². The number of hydrogen-bond acceptors (Lipinski definition) is 3. The molecule has 100 valence electrons. The third kappa shape index (κ3) is 4.03. The van der Waals surface area contributed by atoms with Crippen LogP contribution in [-0.2, 0) is 0 Å². The van der Waals surface area contributed by atoms with E-state index in [1.54, 1.807) is 0 Å². The van der Waals surface area contributed by atoms with Gasteiger partial charge in [-0.3, -0.25) is 0 Å². The first kappa shape index (κ1) is 15.0. The molecule has 0 aliphatic heterocycles. The van der Waals surface area contributed by atoms with Crippen LogP contribution in [0.5, 0.6) is 0 Å². The molecule has 0 spiro atoms. The third-order valence-corrected chi connectivity index (χ3v) is 3.81. The number of benzene rings is 1. The standard InChI is InChI=1S/C13H12BrClIN3/c1-7(2)13-18-11(14)6-12(19-13)17-10-4-3-8(16)5-9(10)15/h3-7H,1-2H3,(H,17,18,19). The number of halogens is 3. The third-order valence-electron chi connectivity index (χ3n) is 2.42. The lowest BCUT2D eigenvalue weighted by molar-refractivity contribution is 0.771. The highest BCUT2D eigenvalue weighted by Crippen LogP contribution is 2.27. The van der Waals surface area contributed by atoms with Gasteiger partial charge in [0.2, 0.25) is 0 Å². The Bertz CT molecular complexity index is 604. The lowest BCUT2D eigenvalue weighted by atomic mass is 10.2. The zero-order valence-electron chi connectivity index (χ0n) is 10.4. The molecule has 1 heterocycles. The summed E-state index contributed by atoms with van der Waals surface area (Å²) in [5.74, 6) is 1.79. The Hall–Kier alpha value is -0.400. The van der Waals surface area contributed by atoms with Crippen LogP contribution in [0.1, 0.15) is 25.6 Å². The average molecular weight is 453 g/mol. The first-order valence-electron chi connectivity index (χ1n) is 5.72. The predicted molar refractivity (Wildman–Crippen MR) is 91.3 cm³/mol. The topological polar surface area (TPSA) is 37.8 Å². The Kier molecular flexibility index (Phi) is 5.03. The van der Waals surface area contributed by atoms with E-state index in [-0.39, 0.29) is 5.92 Å². The van der Waals surface area contributed by atoms with Gasteiger partial charge in [0.1, 0.15) is 16.2 Å². The van der Waals surface area contributed by atoms with Gasteiger partial charge in [0, 0.05) is 15.6 Å². The van der Waals surface area contributed by atoms with Gasteiger partial charge in [0.25, 0.3) is 0 Å². The van der Waals surface area contributed by atoms with Crippen LogP contribution in [0.15, 0.2) is 28.9 Å². The summed E-state index contributed by atoms with van der Waals surface area (Å²) in [6.07, 6.45) is 0. The van der Waals surface area contributed by atoms with Gasteiger partial charge < -0.3 is 5.32 Å². The Balaban J connectivity index is 2.32. The molecule has 3 nitrogen and oxygen atoms in total. The SMILES string of the molecule is CC(C)c1nc(Br)cc(Nc2ccc(I)cc2Cl)n1. The zero-order valence-corrected chi connectivity index (χ0v) is 14.9. The van der Waals surface area contributed by atoms with Crippen LogP contribution in [0.3, 0.4) is 0 Å². The van der Waals surface area contributed by atoms with Crippen molar-refractivity contribution < 1.29 is 0 Å². The highest BCUT2D eigenvalue weighted by atomic mass is 127.